The van der Waals surface area contributed by atoms with Crippen molar-refractivity contribution in [2.45, 2.75) is 52.4 Å². The van der Waals surface area contributed by atoms with Gasteiger partial charge in [-0.05, 0) is 73.7 Å². The molecule has 0 aliphatic heterocycles. The van der Waals surface area contributed by atoms with E-state index in [1.807, 2.05) is 12.3 Å². The minimum Gasteiger partial charge on any atom is -0.256 e. The number of thiazole rings is 1. The lowest BCUT2D eigenvalue weighted by Crippen LogP contribution is -2.11. The number of benzene rings is 6. The number of fused-ring (bicyclic) bond motifs is 2. The number of nitrogens with zero attached hydrogens (tertiary/aromatic N) is 2. The molecule has 0 N–H and O–H groups in total. The van der Waals surface area contributed by atoms with Gasteiger partial charge < -0.3 is 0 Å². The average Bonchev–Trinajstić information content (AvgIpc) is 3.51. The molecule has 1 heterocycles. The summed E-state index contributed by atoms with van der Waals surface area (Å²) < 4.78 is 1.19. The Kier molecular flexibility index (Phi) is 7.90. The summed E-state index contributed by atoms with van der Waals surface area (Å²) in [6, 6.07) is 45.8. The second-order valence-corrected chi connectivity index (χ2v) is 15.4. The fraction of sp³-hybridized carbons (Fsp3) is 0.182. The Bertz CT molecular complexity index is 2230. The van der Waals surface area contributed by atoms with Crippen molar-refractivity contribution >= 4 is 44.2 Å². The van der Waals surface area contributed by atoms with Crippen LogP contribution in [0.15, 0.2) is 132 Å². The predicted octanol–water partition coefficient (Wildman–Crippen LogP) is 12.8. The summed E-state index contributed by atoms with van der Waals surface area (Å²) in [5.41, 5.74) is 11.7. The van der Waals surface area contributed by atoms with E-state index in [2.05, 4.69) is 163 Å². The van der Waals surface area contributed by atoms with Crippen LogP contribution in [0.2, 0.25) is 0 Å². The van der Waals surface area contributed by atoms with Crippen LogP contribution < -0.4 is 0 Å². The number of rotatable bonds is 5. The quantitative estimate of drug-likeness (QED) is 0.174. The molecule has 0 amide bonds. The monoisotopic (exact) mass is 628 g/mol. The Morgan fingerprint density at radius 3 is 1.91 bits per heavy atom. The van der Waals surface area contributed by atoms with Gasteiger partial charge in [0.2, 0.25) is 0 Å². The maximum absolute atomic E-state index is 5.31. The SMILES string of the molecule is CC(C)(C)c1ccc(-c2ccc(-c3cc(C(C)(C)C)cc4sc(-c5ccccc5N=Cc5cccc6ccccc56)nc34)cc2)cc1. The van der Waals surface area contributed by atoms with Crippen molar-refractivity contribution in [3.05, 3.63) is 144 Å². The third-order valence-electron chi connectivity index (χ3n) is 8.94. The number of hydrogen-bond donors (Lipinski definition) is 0. The van der Waals surface area contributed by atoms with Crippen molar-refractivity contribution in [1.82, 2.24) is 4.98 Å². The summed E-state index contributed by atoms with van der Waals surface area (Å²) in [5, 5.41) is 3.39. The van der Waals surface area contributed by atoms with Crippen molar-refractivity contribution in [2.75, 3.05) is 0 Å². The van der Waals surface area contributed by atoms with Crippen molar-refractivity contribution in [3.8, 4) is 32.8 Å². The normalized spacial score (nSPS) is 12.4. The van der Waals surface area contributed by atoms with Gasteiger partial charge in [-0.2, -0.15) is 0 Å². The van der Waals surface area contributed by atoms with Gasteiger partial charge in [-0.1, -0.05) is 145 Å². The van der Waals surface area contributed by atoms with Crippen LogP contribution in [0.5, 0.6) is 0 Å². The van der Waals surface area contributed by atoms with E-state index in [9.17, 15) is 0 Å². The molecule has 232 valence electrons. The van der Waals surface area contributed by atoms with E-state index in [0.717, 1.165) is 27.3 Å². The molecule has 0 unspecified atom stereocenters. The van der Waals surface area contributed by atoms with Crippen molar-refractivity contribution in [3.63, 3.8) is 0 Å². The third kappa shape index (κ3) is 6.28. The lowest BCUT2D eigenvalue weighted by molar-refractivity contribution is 0.590. The molecule has 7 rings (SSSR count). The number of hydrogen-bond acceptors (Lipinski definition) is 3. The van der Waals surface area contributed by atoms with Crippen molar-refractivity contribution in [2.24, 2.45) is 4.99 Å². The minimum absolute atomic E-state index is 0.00247. The molecule has 3 heteroatoms. The lowest BCUT2D eigenvalue weighted by atomic mass is 9.85. The van der Waals surface area contributed by atoms with Gasteiger partial charge in [0.25, 0.3) is 0 Å². The van der Waals surface area contributed by atoms with Crippen LogP contribution in [0.4, 0.5) is 5.69 Å². The molecular weight excluding hydrogens is 589 g/mol. The summed E-state index contributed by atoms with van der Waals surface area (Å²) in [7, 11) is 0. The molecule has 7 aromatic rings. The highest BCUT2D eigenvalue weighted by Gasteiger charge is 2.21. The van der Waals surface area contributed by atoms with Crippen LogP contribution in [0, 0.1) is 0 Å². The van der Waals surface area contributed by atoms with Crippen LogP contribution in [0.25, 0.3) is 53.8 Å². The standard InChI is InChI=1S/C44H40N2S/c1-43(2,3)34-24-22-30(23-25-34)29-18-20-32(21-19-29)38-26-35(44(4,5)6)27-40-41(38)46-42(47-40)37-16-9-10-17-39(37)45-28-33-14-11-13-31-12-7-8-15-36(31)33/h7-28H,1-6H3. The summed E-state index contributed by atoms with van der Waals surface area (Å²) in [6.07, 6.45) is 1.98. The Labute approximate surface area is 282 Å². The first-order chi connectivity index (χ1) is 22.5. The highest BCUT2D eigenvalue weighted by Crippen LogP contribution is 2.42. The van der Waals surface area contributed by atoms with Gasteiger partial charge in [0.1, 0.15) is 5.01 Å². The first-order valence-electron chi connectivity index (χ1n) is 16.3. The maximum atomic E-state index is 5.31. The zero-order valence-electron chi connectivity index (χ0n) is 28.0. The molecule has 0 atom stereocenters. The molecule has 0 spiro atoms. The first kappa shape index (κ1) is 30.8. The average molecular weight is 629 g/mol. The van der Waals surface area contributed by atoms with Gasteiger partial charge in [0.15, 0.2) is 0 Å². The second kappa shape index (κ2) is 12.1. The zero-order chi connectivity index (χ0) is 32.8. The highest BCUT2D eigenvalue weighted by molar-refractivity contribution is 7.21. The summed E-state index contributed by atoms with van der Waals surface area (Å²) in [5.74, 6) is 0. The van der Waals surface area contributed by atoms with Crippen LogP contribution in [0.1, 0.15) is 58.2 Å². The Morgan fingerprint density at radius 1 is 0.574 bits per heavy atom. The van der Waals surface area contributed by atoms with Crippen LogP contribution in [-0.4, -0.2) is 11.2 Å². The molecule has 0 saturated carbocycles. The molecule has 0 aliphatic carbocycles. The van der Waals surface area contributed by atoms with Gasteiger partial charge in [-0.15, -0.1) is 11.3 Å². The molecule has 6 aromatic carbocycles. The molecule has 0 bridgehead atoms. The summed E-state index contributed by atoms with van der Waals surface area (Å²) in [4.78, 5) is 10.3. The third-order valence-corrected chi connectivity index (χ3v) is 9.98. The molecular formula is C44H40N2S. The van der Waals surface area contributed by atoms with Crippen LogP contribution in [0.3, 0.4) is 0 Å². The maximum Gasteiger partial charge on any atom is 0.126 e. The topological polar surface area (TPSA) is 25.2 Å². The number of aromatic nitrogens is 1. The van der Waals surface area contributed by atoms with Crippen LogP contribution >= 0.6 is 11.3 Å². The van der Waals surface area contributed by atoms with Gasteiger partial charge in [-0.25, -0.2) is 4.98 Å². The van der Waals surface area contributed by atoms with Crippen molar-refractivity contribution in [1.29, 1.82) is 0 Å². The van der Waals surface area contributed by atoms with Crippen molar-refractivity contribution < 1.29 is 0 Å². The Morgan fingerprint density at radius 2 is 1.19 bits per heavy atom. The number of para-hydroxylation sites is 1. The number of aliphatic imine (C=N–C) groups is 1. The van der Waals surface area contributed by atoms with E-state index in [0.29, 0.717) is 0 Å². The fourth-order valence-electron chi connectivity index (χ4n) is 6.07. The minimum atomic E-state index is 0.00247. The summed E-state index contributed by atoms with van der Waals surface area (Å²) in [6.45, 7) is 13.6. The molecule has 0 radical (unpaired) electrons. The van der Waals surface area contributed by atoms with Crippen LogP contribution in [-0.2, 0) is 10.8 Å². The smallest absolute Gasteiger partial charge is 0.126 e. The van der Waals surface area contributed by atoms with E-state index >= 15 is 0 Å². The van der Waals surface area contributed by atoms with E-state index in [-0.39, 0.29) is 10.8 Å². The Hall–Kier alpha value is -4.86. The van der Waals surface area contributed by atoms with E-state index in [1.165, 1.54) is 48.9 Å². The fourth-order valence-corrected chi connectivity index (χ4v) is 7.14. The van der Waals surface area contributed by atoms with Gasteiger partial charge in [0, 0.05) is 22.9 Å². The molecule has 0 fully saturated rings. The van der Waals surface area contributed by atoms with E-state index in [1.54, 1.807) is 11.3 Å². The predicted molar refractivity (Wildman–Crippen MR) is 205 cm³/mol. The summed E-state index contributed by atoms with van der Waals surface area (Å²) >= 11 is 1.75. The first-order valence-corrected chi connectivity index (χ1v) is 17.1. The zero-order valence-corrected chi connectivity index (χ0v) is 28.8. The molecule has 47 heavy (non-hydrogen) atoms. The Balaban J connectivity index is 1.28. The largest absolute Gasteiger partial charge is 0.256 e. The molecule has 0 saturated heterocycles. The van der Waals surface area contributed by atoms with Gasteiger partial charge >= 0.3 is 0 Å². The highest BCUT2D eigenvalue weighted by atomic mass is 32.1. The van der Waals surface area contributed by atoms with E-state index < -0.39 is 0 Å². The second-order valence-electron chi connectivity index (χ2n) is 14.4. The molecule has 0 aliphatic rings. The molecule has 2 nitrogen and oxygen atoms in total. The van der Waals surface area contributed by atoms with Gasteiger partial charge in [0.05, 0.1) is 15.9 Å². The van der Waals surface area contributed by atoms with E-state index in [4.69, 9.17) is 9.98 Å². The van der Waals surface area contributed by atoms with Gasteiger partial charge in [-0.3, -0.25) is 4.99 Å². The molecule has 1 aromatic heterocycles. The lowest BCUT2D eigenvalue weighted by Gasteiger charge is -2.20.